The van der Waals surface area contributed by atoms with Gasteiger partial charge in [-0.05, 0) is 61.8 Å². The number of rotatable bonds is 3. The lowest BCUT2D eigenvalue weighted by Crippen LogP contribution is -2.41. The van der Waals surface area contributed by atoms with Crippen LogP contribution in [-0.2, 0) is 14.8 Å². The van der Waals surface area contributed by atoms with Crippen LogP contribution >= 0.6 is 0 Å². The summed E-state index contributed by atoms with van der Waals surface area (Å²) < 4.78 is 40.1. The van der Waals surface area contributed by atoms with Crippen LogP contribution in [0.25, 0.3) is 0 Å². The van der Waals surface area contributed by atoms with Gasteiger partial charge in [0.1, 0.15) is 5.82 Å². The molecule has 3 unspecified atom stereocenters. The zero-order chi connectivity index (χ0) is 18.3. The van der Waals surface area contributed by atoms with Gasteiger partial charge in [-0.3, -0.25) is 4.79 Å². The molecule has 4 rings (SSSR count). The average molecular weight is 380 g/mol. The molecule has 7 heteroatoms. The first-order chi connectivity index (χ1) is 12.4. The van der Waals surface area contributed by atoms with E-state index < -0.39 is 15.8 Å². The van der Waals surface area contributed by atoms with E-state index in [1.54, 1.807) is 0 Å². The SMILES string of the molecule is O=C(C1CC2CCC1C2)N1CCCN(S(=O)(=O)c2ccc(F)cc2)CC1. The largest absolute Gasteiger partial charge is 0.341 e. The normalized spacial score (nSPS) is 29.7. The number of nitrogens with zero attached hydrogens (tertiary/aromatic N) is 2. The van der Waals surface area contributed by atoms with Crippen molar-refractivity contribution in [2.45, 2.75) is 37.0 Å². The van der Waals surface area contributed by atoms with Crippen molar-refractivity contribution in [2.75, 3.05) is 26.2 Å². The molecule has 3 aliphatic rings. The molecule has 2 bridgehead atoms. The van der Waals surface area contributed by atoms with E-state index in [-0.39, 0.29) is 16.7 Å². The van der Waals surface area contributed by atoms with Crippen molar-refractivity contribution < 1.29 is 17.6 Å². The second-order valence-corrected chi connectivity index (χ2v) is 9.76. The Labute approximate surface area is 154 Å². The van der Waals surface area contributed by atoms with E-state index >= 15 is 0 Å². The minimum absolute atomic E-state index is 0.103. The first kappa shape index (κ1) is 17.9. The van der Waals surface area contributed by atoms with Gasteiger partial charge in [0.15, 0.2) is 0 Å². The number of hydrogen-bond donors (Lipinski definition) is 0. The first-order valence-corrected chi connectivity index (χ1v) is 10.9. The first-order valence-electron chi connectivity index (χ1n) is 9.49. The zero-order valence-electron chi connectivity index (χ0n) is 14.8. The van der Waals surface area contributed by atoms with Crippen LogP contribution in [0.2, 0.25) is 0 Å². The van der Waals surface area contributed by atoms with E-state index in [2.05, 4.69) is 0 Å². The maximum absolute atomic E-state index is 13.1. The highest BCUT2D eigenvalue weighted by molar-refractivity contribution is 7.89. The zero-order valence-corrected chi connectivity index (χ0v) is 15.6. The van der Waals surface area contributed by atoms with Crippen LogP contribution < -0.4 is 0 Å². The summed E-state index contributed by atoms with van der Waals surface area (Å²) in [6.07, 6.45) is 5.26. The van der Waals surface area contributed by atoms with Gasteiger partial charge in [-0.2, -0.15) is 4.31 Å². The Morgan fingerprint density at radius 2 is 1.77 bits per heavy atom. The quantitative estimate of drug-likeness (QED) is 0.810. The van der Waals surface area contributed by atoms with Crippen LogP contribution in [0.15, 0.2) is 29.2 Å². The van der Waals surface area contributed by atoms with Gasteiger partial charge in [-0.25, -0.2) is 12.8 Å². The van der Waals surface area contributed by atoms with Crippen LogP contribution in [0.1, 0.15) is 32.1 Å². The van der Waals surface area contributed by atoms with Gasteiger partial charge >= 0.3 is 0 Å². The second-order valence-electron chi connectivity index (χ2n) is 7.82. The fourth-order valence-corrected chi connectivity index (χ4v) is 6.36. The summed E-state index contributed by atoms with van der Waals surface area (Å²) in [5.74, 6) is 1.17. The van der Waals surface area contributed by atoms with E-state index in [4.69, 9.17) is 0 Å². The smallest absolute Gasteiger partial charge is 0.243 e. The summed E-state index contributed by atoms with van der Waals surface area (Å²) in [4.78, 5) is 14.9. The van der Waals surface area contributed by atoms with Gasteiger partial charge in [-0.15, -0.1) is 0 Å². The molecule has 3 fully saturated rings. The van der Waals surface area contributed by atoms with E-state index in [0.29, 0.717) is 38.5 Å². The molecule has 1 aromatic rings. The topological polar surface area (TPSA) is 57.7 Å². The lowest BCUT2D eigenvalue weighted by atomic mass is 9.87. The molecule has 1 aromatic carbocycles. The van der Waals surface area contributed by atoms with Crippen molar-refractivity contribution >= 4 is 15.9 Å². The highest BCUT2D eigenvalue weighted by atomic mass is 32.2. The van der Waals surface area contributed by atoms with E-state index in [1.165, 1.54) is 35.7 Å². The van der Waals surface area contributed by atoms with Crippen molar-refractivity contribution in [1.82, 2.24) is 9.21 Å². The monoisotopic (exact) mass is 380 g/mol. The number of benzene rings is 1. The van der Waals surface area contributed by atoms with Crippen molar-refractivity contribution in [3.63, 3.8) is 0 Å². The number of fused-ring (bicyclic) bond motifs is 2. The van der Waals surface area contributed by atoms with Crippen LogP contribution in [-0.4, -0.2) is 49.7 Å². The molecule has 5 nitrogen and oxygen atoms in total. The van der Waals surface area contributed by atoms with Crippen LogP contribution in [0.5, 0.6) is 0 Å². The molecular weight excluding hydrogens is 355 g/mol. The van der Waals surface area contributed by atoms with E-state index in [9.17, 15) is 17.6 Å². The van der Waals surface area contributed by atoms with Gasteiger partial charge in [0.05, 0.1) is 4.90 Å². The Hall–Kier alpha value is -1.47. The molecule has 3 atom stereocenters. The predicted molar refractivity (Wildman–Crippen MR) is 95.3 cm³/mol. The molecule has 26 heavy (non-hydrogen) atoms. The number of halogens is 1. The molecule has 1 aliphatic heterocycles. The summed E-state index contributed by atoms with van der Waals surface area (Å²) >= 11 is 0. The molecule has 142 valence electrons. The lowest BCUT2D eigenvalue weighted by molar-refractivity contribution is -0.137. The number of carbonyl (C=O) groups excluding carboxylic acids is 1. The predicted octanol–water partition coefficient (Wildman–Crippen LogP) is 2.48. The van der Waals surface area contributed by atoms with Crippen LogP contribution in [0, 0.1) is 23.6 Å². The van der Waals surface area contributed by atoms with Gasteiger partial charge < -0.3 is 4.90 Å². The minimum atomic E-state index is -3.65. The Balaban J connectivity index is 1.43. The minimum Gasteiger partial charge on any atom is -0.341 e. The summed E-state index contributed by atoms with van der Waals surface area (Å²) in [7, 11) is -3.65. The number of sulfonamides is 1. The maximum Gasteiger partial charge on any atom is 0.243 e. The molecule has 1 amide bonds. The summed E-state index contributed by atoms with van der Waals surface area (Å²) in [5.41, 5.74) is 0. The summed E-state index contributed by atoms with van der Waals surface area (Å²) in [6, 6.07) is 4.92. The highest BCUT2D eigenvalue weighted by Gasteiger charge is 2.44. The molecule has 0 radical (unpaired) electrons. The molecule has 2 saturated carbocycles. The Kier molecular flexibility index (Phi) is 4.77. The Morgan fingerprint density at radius 3 is 2.42 bits per heavy atom. The van der Waals surface area contributed by atoms with Crippen molar-refractivity contribution in [3.05, 3.63) is 30.1 Å². The van der Waals surface area contributed by atoms with Gasteiger partial charge in [0, 0.05) is 32.1 Å². The van der Waals surface area contributed by atoms with Gasteiger partial charge in [-0.1, -0.05) is 6.42 Å². The molecule has 1 saturated heterocycles. The summed E-state index contributed by atoms with van der Waals surface area (Å²) in [6.45, 7) is 1.74. The fourth-order valence-electron chi connectivity index (χ4n) is 4.89. The van der Waals surface area contributed by atoms with E-state index in [1.807, 2.05) is 4.90 Å². The average Bonchev–Trinajstić information content (AvgIpc) is 3.17. The third-order valence-electron chi connectivity index (χ3n) is 6.27. The standard InChI is InChI=1S/C19H25FN2O3S/c20-16-4-6-17(7-5-16)26(24,25)22-9-1-8-21(10-11-22)19(23)18-13-14-2-3-15(18)12-14/h4-7,14-15,18H,1-3,8-13H2. The number of amides is 1. The third kappa shape index (κ3) is 3.27. The van der Waals surface area contributed by atoms with Gasteiger partial charge in [0.2, 0.25) is 15.9 Å². The Bertz CT molecular complexity index is 780. The van der Waals surface area contributed by atoms with Crippen LogP contribution in [0.3, 0.4) is 0 Å². The number of hydrogen-bond acceptors (Lipinski definition) is 3. The maximum atomic E-state index is 13.1. The fraction of sp³-hybridized carbons (Fsp3) is 0.632. The lowest BCUT2D eigenvalue weighted by Gasteiger charge is -2.28. The third-order valence-corrected chi connectivity index (χ3v) is 8.19. The highest BCUT2D eigenvalue weighted by Crippen LogP contribution is 2.48. The summed E-state index contributed by atoms with van der Waals surface area (Å²) in [5, 5.41) is 0. The van der Waals surface area contributed by atoms with Gasteiger partial charge in [0.25, 0.3) is 0 Å². The molecule has 0 N–H and O–H groups in total. The van der Waals surface area contributed by atoms with Crippen LogP contribution in [0.4, 0.5) is 4.39 Å². The van der Waals surface area contributed by atoms with Crippen molar-refractivity contribution in [1.29, 1.82) is 0 Å². The second kappa shape index (κ2) is 6.93. The molecule has 2 aliphatic carbocycles. The molecule has 0 spiro atoms. The van der Waals surface area contributed by atoms with E-state index in [0.717, 1.165) is 24.5 Å². The van der Waals surface area contributed by atoms with Crippen molar-refractivity contribution in [3.8, 4) is 0 Å². The molecular formula is C19H25FN2O3S. The molecule has 1 heterocycles. The Morgan fingerprint density at radius 1 is 1.00 bits per heavy atom. The molecule has 0 aromatic heterocycles. The number of carbonyl (C=O) groups is 1. The van der Waals surface area contributed by atoms with Crippen molar-refractivity contribution in [2.24, 2.45) is 17.8 Å².